The molecule has 2 nitrogen and oxygen atoms in total. The quantitative estimate of drug-likeness (QED) is 0.657. The molecular formula is C5H11ClFNO. The Morgan fingerprint density at radius 2 is 2.33 bits per heavy atom. The Balaban J connectivity index is 0. The summed E-state index contributed by atoms with van der Waals surface area (Å²) in [7, 11) is 1.43. The molecule has 0 heterocycles. The lowest BCUT2D eigenvalue weighted by Crippen LogP contribution is -1.96. The summed E-state index contributed by atoms with van der Waals surface area (Å²) < 4.78 is 16.5. The van der Waals surface area contributed by atoms with Crippen molar-refractivity contribution in [3.05, 3.63) is 11.9 Å². The predicted molar refractivity (Wildman–Crippen MR) is 37.4 cm³/mol. The molecule has 0 aliphatic heterocycles. The van der Waals surface area contributed by atoms with Crippen LogP contribution in [0.3, 0.4) is 0 Å². The van der Waals surface area contributed by atoms with Crippen LogP contribution in [-0.4, -0.2) is 20.3 Å². The van der Waals surface area contributed by atoms with E-state index in [0.29, 0.717) is 0 Å². The van der Waals surface area contributed by atoms with E-state index in [1.807, 2.05) is 0 Å². The highest BCUT2D eigenvalue weighted by molar-refractivity contribution is 5.85. The smallest absolute Gasteiger partial charge is 0.123 e. The van der Waals surface area contributed by atoms with Crippen LogP contribution in [0.4, 0.5) is 4.39 Å². The Kier molecular flexibility index (Phi) is 10.2. The molecule has 0 spiro atoms. The number of hydrogen-bond acceptors (Lipinski definition) is 2. The summed E-state index contributed by atoms with van der Waals surface area (Å²) in [6, 6.07) is 0. The zero-order chi connectivity index (χ0) is 6.41. The van der Waals surface area contributed by atoms with E-state index in [2.05, 4.69) is 4.74 Å². The molecule has 0 saturated heterocycles. The van der Waals surface area contributed by atoms with Crippen LogP contribution < -0.4 is 5.73 Å². The topological polar surface area (TPSA) is 35.2 Å². The summed E-state index contributed by atoms with van der Waals surface area (Å²) in [6.45, 7) is 0.256. The first-order chi connectivity index (χ1) is 3.81. The average molecular weight is 156 g/mol. The number of hydrogen-bond donors (Lipinski definition) is 1. The van der Waals surface area contributed by atoms with E-state index in [-0.39, 0.29) is 31.4 Å². The lowest BCUT2D eigenvalue weighted by atomic mass is 10.5. The van der Waals surface area contributed by atoms with Gasteiger partial charge in [0.05, 0.1) is 6.61 Å². The van der Waals surface area contributed by atoms with Crippen LogP contribution in [0, 0.1) is 0 Å². The molecule has 0 aromatic rings. The Morgan fingerprint density at radius 3 is 2.67 bits per heavy atom. The molecule has 0 fully saturated rings. The maximum Gasteiger partial charge on any atom is 0.123 e. The molecule has 0 amide bonds. The third-order valence-electron chi connectivity index (χ3n) is 0.622. The van der Waals surface area contributed by atoms with Crippen LogP contribution in [0.5, 0.6) is 0 Å². The van der Waals surface area contributed by atoms with E-state index in [4.69, 9.17) is 5.73 Å². The molecular weight excluding hydrogens is 145 g/mol. The normalized spacial score (nSPS) is 10.8. The molecule has 0 radical (unpaired) electrons. The van der Waals surface area contributed by atoms with Crippen LogP contribution in [0.2, 0.25) is 0 Å². The van der Waals surface area contributed by atoms with E-state index in [0.717, 1.165) is 0 Å². The van der Waals surface area contributed by atoms with Crippen molar-refractivity contribution in [2.75, 3.05) is 20.3 Å². The van der Waals surface area contributed by atoms with Gasteiger partial charge in [-0.25, -0.2) is 4.39 Å². The first-order valence-electron chi connectivity index (χ1n) is 2.34. The largest absolute Gasteiger partial charge is 0.378 e. The zero-order valence-electron chi connectivity index (χ0n) is 5.26. The van der Waals surface area contributed by atoms with E-state index in [1.54, 1.807) is 0 Å². The molecule has 0 atom stereocenters. The molecule has 0 bridgehead atoms. The number of rotatable bonds is 3. The summed E-state index contributed by atoms with van der Waals surface area (Å²) in [5.41, 5.74) is 4.99. The minimum absolute atomic E-state index is 0. The fourth-order valence-electron chi connectivity index (χ4n) is 0.325. The molecule has 2 N–H and O–H groups in total. The van der Waals surface area contributed by atoms with Crippen molar-refractivity contribution in [1.29, 1.82) is 0 Å². The lowest BCUT2D eigenvalue weighted by molar-refractivity contribution is 0.206. The van der Waals surface area contributed by atoms with Crippen molar-refractivity contribution in [3.63, 3.8) is 0 Å². The SMILES string of the molecule is COCC(F)=CCN.Cl. The second-order valence-electron chi connectivity index (χ2n) is 1.32. The van der Waals surface area contributed by atoms with Crippen LogP contribution >= 0.6 is 12.4 Å². The van der Waals surface area contributed by atoms with Crippen molar-refractivity contribution in [1.82, 2.24) is 0 Å². The van der Waals surface area contributed by atoms with Crippen molar-refractivity contribution in [3.8, 4) is 0 Å². The highest BCUT2D eigenvalue weighted by Gasteiger charge is 1.87. The Hall–Kier alpha value is -0.120. The monoisotopic (exact) mass is 155 g/mol. The highest BCUT2D eigenvalue weighted by atomic mass is 35.5. The van der Waals surface area contributed by atoms with Gasteiger partial charge < -0.3 is 10.5 Å². The first-order valence-corrected chi connectivity index (χ1v) is 2.34. The van der Waals surface area contributed by atoms with Crippen molar-refractivity contribution in [2.45, 2.75) is 0 Å². The molecule has 56 valence electrons. The molecule has 9 heavy (non-hydrogen) atoms. The van der Waals surface area contributed by atoms with Gasteiger partial charge in [0.25, 0.3) is 0 Å². The fraction of sp³-hybridized carbons (Fsp3) is 0.600. The second kappa shape index (κ2) is 7.88. The minimum Gasteiger partial charge on any atom is -0.378 e. The second-order valence-corrected chi connectivity index (χ2v) is 1.32. The average Bonchev–Trinajstić information content (AvgIpc) is 1.68. The van der Waals surface area contributed by atoms with Crippen LogP contribution in [0.1, 0.15) is 0 Å². The molecule has 0 rings (SSSR count). The number of nitrogens with two attached hydrogens (primary N) is 1. The van der Waals surface area contributed by atoms with Gasteiger partial charge in [-0.05, 0) is 6.08 Å². The Morgan fingerprint density at radius 1 is 1.78 bits per heavy atom. The van der Waals surface area contributed by atoms with Gasteiger partial charge in [0.1, 0.15) is 5.83 Å². The van der Waals surface area contributed by atoms with Crippen LogP contribution in [-0.2, 0) is 4.74 Å². The Bertz CT molecular complexity index is 87.0. The predicted octanol–water partition coefficient (Wildman–Crippen LogP) is 0.867. The van der Waals surface area contributed by atoms with Crippen LogP contribution in [0.25, 0.3) is 0 Å². The number of methoxy groups -OCH3 is 1. The number of ether oxygens (including phenoxy) is 1. The van der Waals surface area contributed by atoms with Crippen LogP contribution in [0.15, 0.2) is 11.9 Å². The zero-order valence-corrected chi connectivity index (χ0v) is 6.08. The molecule has 0 aliphatic carbocycles. The summed E-state index contributed by atoms with van der Waals surface area (Å²) in [4.78, 5) is 0. The maximum atomic E-state index is 12.1. The first kappa shape index (κ1) is 11.6. The van der Waals surface area contributed by atoms with Gasteiger partial charge in [-0.3, -0.25) is 0 Å². The van der Waals surface area contributed by atoms with E-state index >= 15 is 0 Å². The van der Waals surface area contributed by atoms with Gasteiger partial charge in [-0.2, -0.15) is 0 Å². The molecule has 0 aromatic heterocycles. The summed E-state index contributed by atoms with van der Waals surface area (Å²) in [6.07, 6.45) is 1.28. The minimum atomic E-state index is -0.310. The van der Waals surface area contributed by atoms with Crippen molar-refractivity contribution < 1.29 is 9.13 Å². The lowest BCUT2D eigenvalue weighted by Gasteiger charge is -1.91. The molecule has 0 aromatic carbocycles. The van der Waals surface area contributed by atoms with E-state index in [9.17, 15) is 4.39 Å². The van der Waals surface area contributed by atoms with Gasteiger partial charge in [0.2, 0.25) is 0 Å². The van der Waals surface area contributed by atoms with E-state index in [1.165, 1.54) is 13.2 Å². The van der Waals surface area contributed by atoms with E-state index < -0.39 is 0 Å². The summed E-state index contributed by atoms with van der Waals surface area (Å²) in [5, 5.41) is 0. The third-order valence-corrected chi connectivity index (χ3v) is 0.622. The maximum absolute atomic E-state index is 12.1. The van der Waals surface area contributed by atoms with Gasteiger partial charge in [-0.1, -0.05) is 0 Å². The van der Waals surface area contributed by atoms with Gasteiger partial charge in [0.15, 0.2) is 0 Å². The molecule has 0 aliphatic rings. The van der Waals surface area contributed by atoms with Gasteiger partial charge in [-0.15, -0.1) is 12.4 Å². The van der Waals surface area contributed by atoms with Crippen molar-refractivity contribution in [2.24, 2.45) is 5.73 Å². The number of halogens is 2. The highest BCUT2D eigenvalue weighted by Crippen LogP contribution is 1.92. The fourth-order valence-corrected chi connectivity index (χ4v) is 0.325. The summed E-state index contributed by atoms with van der Waals surface area (Å²) >= 11 is 0. The third kappa shape index (κ3) is 7.88. The standard InChI is InChI=1S/C5H10FNO.ClH/c1-8-4-5(6)2-3-7;/h2H,3-4,7H2,1H3;1H. The molecule has 0 unspecified atom stereocenters. The Labute approximate surface area is 60.3 Å². The van der Waals surface area contributed by atoms with Gasteiger partial charge in [0, 0.05) is 13.7 Å². The van der Waals surface area contributed by atoms with Crippen molar-refractivity contribution >= 4 is 12.4 Å². The molecule has 4 heteroatoms. The summed E-state index contributed by atoms with van der Waals surface area (Å²) in [5.74, 6) is -0.310. The molecule has 0 saturated carbocycles. The van der Waals surface area contributed by atoms with Gasteiger partial charge >= 0.3 is 0 Å².